The molecule has 3 saturated heterocycles. The van der Waals surface area contributed by atoms with Crippen LogP contribution in [0.4, 0.5) is 11.6 Å². The molecule has 5 N–H and O–H groups in total. The maximum Gasteiger partial charge on any atom is 0.243 e. The number of phenols is 1. The molecule has 1 saturated carbocycles. The second-order valence-electron chi connectivity index (χ2n) is 21.8. The fraction of sp³-hybridized carbons (Fsp3) is 0.448. The molecule has 2 aromatic carbocycles. The number of benzene rings is 2. The van der Waals surface area contributed by atoms with Gasteiger partial charge in [0.05, 0.1) is 63.8 Å². The SMILES string of the molecule is Cc1ncsc1-c1ccc([C@H](C)NC(=O)[C@@H]2C[C@@H](O)CN2C(=O)[C@@H](c2cc(N3CCC(CN4CCC(OC5CC(Oc6cc(-n7cnc(-c8cc(-c9ccccc9O)nnc8N)c7)ccn6)C5)CC4)CC3)no2)C(C)C)cc1. The molecule has 11 rings (SSSR count). The van der Waals surface area contributed by atoms with Gasteiger partial charge in [0, 0.05) is 94.2 Å². The second kappa shape index (κ2) is 23.0. The molecule has 4 fully saturated rings. The van der Waals surface area contributed by atoms with Crippen LogP contribution in [0.1, 0.15) is 94.7 Å². The highest BCUT2D eigenvalue weighted by molar-refractivity contribution is 7.13. The molecular formula is C58H68N12O7S. The van der Waals surface area contributed by atoms with Gasteiger partial charge in [-0.2, -0.15) is 0 Å². The number of aliphatic hydroxyl groups excluding tert-OH is 1. The van der Waals surface area contributed by atoms with Crippen LogP contribution >= 0.6 is 11.3 Å². The number of aryl methyl sites for hydroxylation is 1. The fourth-order valence-corrected chi connectivity index (χ4v) is 12.3. The van der Waals surface area contributed by atoms with E-state index in [-0.39, 0.29) is 66.6 Å². The van der Waals surface area contributed by atoms with Crippen LogP contribution in [-0.2, 0) is 14.3 Å². The van der Waals surface area contributed by atoms with E-state index in [4.69, 9.17) is 19.7 Å². The van der Waals surface area contributed by atoms with Crippen molar-refractivity contribution in [3.63, 3.8) is 0 Å². The first-order chi connectivity index (χ1) is 37.8. The van der Waals surface area contributed by atoms with Crippen molar-refractivity contribution in [2.75, 3.05) is 49.9 Å². The van der Waals surface area contributed by atoms with Crippen LogP contribution in [0.3, 0.4) is 0 Å². The molecule has 2 amide bonds. The number of carbonyl (C=O) groups excluding carboxylic acids is 2. The lowest BCUT2D eigenvalue weighted by Gasteiger charge is -2.41. The number of nitrogens with one attached hydrogen (secondary N) is 1. The number of carbonyl (C=O) groups is 2. The third-order valence-electron chi connectivity index (χ3n) is 16.0. The molecule has 19 nitrogen and oxygen atoms in total. The molecule has 0 spiro atoms. The number of piperidine rings is 2. The number of phenolic OH excluding ortho intramolecular Hbond substituents is 1. The molecule has 1 aliphatic carbocycles. The summed E-state index contributed by atoms with van der Waals surface area (Å²) in [5.74, 6) is 1.34. The van der Waals surface area contributed by atoms with Gasteiger partial charge in [0.15, 0.2) is 17.4 Å². The Morgan fingerprint density at radius 1 is 0.872 bits per heavy atom. The third-order valence-corrected chi connectivity index (χ3v) is 17.0. The van der Waals surface area contributed by atoms with Gasteiger partial charge in [0.1, 0.15) is 23.8 Å². The predicted octanol–water partition coefficient (Wildman–Crippen LogP) is 7.99. The number of para-hydroxylation sites is 1. The lowest BCUT2D eigenvalue weighted by molar-refractivity contribution is -0.141. The second-order valence-corrected chi connectivity index (χ2v) is 22.6. The molecule has 3 aliphatic heterocycles. The van der Waals surface area contributed by atoms with Crippen molar-refractivity contribution in [3.8, 4) is 50.3 Å². The van der Waals surface area contributed by atoms with Crippen molar-refractivity contribution in [3.05, 3.63) is 114 Å². The molecular weight excluding hydrogens is 1010 g/mol. The number of hydrogen-bond acceptors (Lipinski definition) is 17. The van der Waals surface area contributed by atoms with E-state index in [1.165, 1.54) is 4.90 Å². The topological polar surface area (TPSA) is 236 Å². The highest BCUT2D eigenvalue weighted by Crippen LogP contribution is 2.37. The van der Waals surface area contributed by atoms with Crippen molar-refractivity contribution in [1.29, 1.82) is 0 Å². The number of imidazole rings is 1. The van der Waals surface area contributed by atoms with Gasteiger partial charge in [-0.1, -0.05) is 55.4 Å². The Labute approximate surface area is 457 Å². The number of anilines is 2. The first kappa shape index (κ1) is 52.8. The number of β-amino-alcohol motifs (C(OH)–C–C–N with tert-alkyl or cyclic N) is 1. The summed E-state index contributed by atoms with van der Waals surface area (Å²) in [7, 11) is 0. The molecule has 0 bridgehead atoms. The number of nitrogen functional groups attached to an aromatic ring is 1. The number of nitrogens with two attached hydrogens (primary N) is 1. The van der Waals surface area contributed by atoms with E-state index in [9.17, 15) is 19.8 Å². The number of thiazole rings is 1. The molecule has 20 heteroatoms. The number of rotatable bonds is 17. The van der Waals surface area contributed by atoms with Crippen molar-refractivity contribution >= 4 is 34.8 Å². The number of aromatic hydroxyl groups is 1. The Hall–Kier alpha value is -7.26. The zero-order valence-electron chi connectivity index (χ0n) is 44.5. The minimum atomic E-state index is -0.806. The van der Waals surface area contributed by atoms with Crippen molar-refractivity contribution in [2.24, 2.45) is 11.8 Å². The van der Waals surface area contributed by atoms with Crippen LogP contribution in [0.25, 0.3) is 38.6 Å². The van der Waals surface area contributed by atoms with Gasteiger partial charge >= 0.3 is 0 Å². The van der Waals surface area contributed by atoms with E-state index in [1.807, 2.05) is 92.5 Å². The van der Waals surface area contributed by atoms with Gasteiger partial charge in [-0.05, 0) is 86.8 Å². The van der Waals surface area contributed by atoms with Crippen LogP contribution in [0, 0.1) is 18.8 Å². The van der Waals surface area contributed by atoms with E-state index in [0.29, 0.717) is 40.1 Å². The molecule has 5 aromatic heterocycles. The average Bonchev–Trinajstić information content (AvgIpc) is 4.32. The van der Waals surface area contributed by atoms with Gasteiger partial charge in [0.2, 0.25) is 17.7 Å². The van der Waals surface area contributed by atoms with Crippen molar-refractivity contribution < 1.29 is 33.8 Å². The van der Waals surface area contributed by atoms with Crippen molar-refractivity contribution in [1.82, 2.24) is 50.0 Å². The summed E-state index contributed by atoms with van der Waals surface area (Å²) in [6.45, 7) is 12.7. The van der Waals surface area contributed by atoms with Gasteiger partial charge in [0.25, 0.3) is 0 Å². The van der Waals surface area contributed by atoms with Crippen LogP contribution < -0.4 is 20.7 Å². The molecule has 408 valence electrons. The molecule has 4 atom stereocenters. The number of likely N-dealkylation sites (tertiary alicyclic amines) is 2. The van der Waals surface area contributed by atoms with E-state index in [0.717, 1.165) is 104 Å². The van der Waals surface area contributed by atoms with E-state index >= 15 is 0 Å². The summed E-state index contributed by atoms with van der Waals surface area (Å²) >= 11 is 1.60. The maximum atomic E-state index is 14.4. The zero-order chi connectivity index (χ0) is 54.0. The third kappa shape index (κ3) is 11.6. The highest BCUT2D eigenvalue weighted by Gasteiger charge is 2.44. The summed E-state index contributed by atoms with van der Waals surface area (Å²) < 4.78 is 20.7. The number of nitrogens with zero attached hydrogens (tertiary/aromatic N) is 10. The standard InChI is InChI=1S/C58H68N12O7S/c1-34(2)54(58(74)70-30-41(71)24-49(70)57(73)63-35(3)38-9-11-39(12-10-38)55-36(4)62-33-78-55)51-28-52(66-77-51)68-21-14-37(15-22-68)29-67-19-16-42(17-20-67)75-43-25-44(26-43)76-53-23-40(13-18-60-53)69-31-48(61-32-69)46-27-47(64-65-56(46)59)45-7-5-6-8-50(45)72/h5-13,18,23,27-28,31-35,37,41-44,49,54,71-72H,14-17,19-22,24-26,29-30H2,1-4H3,(H2,59,65)(H,63,73)/t35-,41+,43?,44?,49-,54+/m0/s1. The largest absolute Gasteiger partial charge is 0.507 e. The quantitative estimate of drug-likeness (QED) is 0.0676. The van der Waals surface area contributed by atoms with Crippen LogP contribution in [0.5, 0.6) is 11.6 Å². The fourth-order valence-electron chi connectivity index (χ4n) is 11.5. The predicted molar refractivity (Wildman–Crippen MR) is 296 cm³/mol. The number of hydrogen-bond donors (Lipinski definition) is 4. The molecule has 7 aromatic rings. The zero-order valence-corrected chi connectivity index (χ0v) is 45.3. The van der Waals surface area contributed by atoms with Crippen molar-refractivity contribution in [2.45, 2.75) is 115 Å². The Balaban J connectivity index is 0.605. The molecule has 0 radical (unpaired) electrons. The number of aliphatic hydroxyl groups is 1. The number of ether oxygens (including phenoxy) is 2. The van der Waals surface area contributed by atoms with Gasteiger partial charge in [-0.15, -0.1) is 21.5 Å². The molecule has 0 unspecified atom stereocenters. The van der Waals surface area contributed by atoms with Gasteiger partial charge in [-0.25, -0.2) is 15.0 Å². The summed E-state index contributed by atoms with van der Waals surface area (Å²) in [5, 5.41) is 37.0. The van der Waals surface area contributed by atoms with Crippen LogP contribution in [-0.4, -0.2) is 136 Å². The van der Waals surface area contributed by atoms with Gasteiger partial charge in [-0.3, -0.25) is 9.59 Å². The summed E-state index contributed by atoms with van der Waals surface area (Å²) in [5.41, 5.74) is 14.2. The summed E-state index contributed by atoms with van der Waals surface area (Å²) in [6, 6.07) is 21.4. The summed E-state index contributed by atoms with van der Waals surface area (Å²) in [4.78, 5) is 49.1. The Bertz CT molecular complexity index is 3200. The smallest absolute Gasteiger partial charge is 0.243 e. The number of aromatic nitrogens is 7. The Morgan fingerprint density at radius 2 is 1.65 bits per heavy atom. The average molecular weight is 1080 g/mol. The van der Waals surface area contributed by atoms with E-state index in [2.05, 4.69) is 45.4 Å². The summed E-state index contributed by atoms with van der Waals surface area (Å²) in [6.07, 6.45) is 10.8. The first-order valence-corrected chi connectivity index (χ1v) is 28.2. The normalized spacial score (nSPS) is 21.2. The first-order valence-electron chi connectivity index (χ1n) is 27.3. The monoisotopic (exact) mass is 1080 g/mol. The number of pyridine rings is 1. The van der Waals surface area contributed by atoms with Crippen LogP contribution in [0.15, 0.2) is 102 Å². The number of amides is 2. The van der Waals surface area contributed by atoms with E-state index in [1.54, 1.807) is 48.1 Å². The molecule has 4 aliphatic rings. The van der Waals surface area contributed by atoms with Gasteiger partial charge < -0.3 is 54.5 Å². The van der Waals surface area contributed by atoms with Crippen LogP contribution in [0.2, 0.25) is 0 Å². The minimum Gasteiger partial charge on any atom is -0.507 e. The minimum absolute atomic E-state index is 0.0305. The molecule has 78 heavy (non-hydrogen) atoms. The lowest BCUT2D eigenvalue weighted by atomic mass is 9.91. The Kier molecular flexibility index (Phi) is 15.6. The highest BCUT2D eigenvalue weighted by atomic mass is 32.1. The Morgan fingerprint density at radius 3 is 2.40 bits per heavy atom. The van der Waals surface area contributed by atoms with E-state index < -0.39 is 18.1 Å². The molecule has 8 heterocycles. The lowest BCUT2D eigenvalue weighted by Crippen LogP contribution is -2.48. The maximum absolute atomic E-state index is 14.4.